The number of carboxylic acids is 1. The van der Waals surface area contributed by atoms with Gasteiger partial charge in [0.05, 0.1) is 11.4 Å². The predicted molar refractivity (Wildman–Crippen MR) is 124 cm³/mol. The van der Waals surface area contributed by atoms with Crippen LogP contribution in [0.4, 0.5) is 4.39 Å². The third kappa shape index (κ3) is 6.78. The third-order valence-corrected chi connectivity index (χ3v) is 5.58. The molecule has 5 heteroatoms. The molecule has 0 heterocycles. The van der Waals surface area contributed by atoms with Crippen LogP contribution in [0.1, 0.15) is 34.2 Å². The number of carbonyl (C=O) groups is 1. The Morgan fingerprint density at radius 2 is 1.61 bits per heavy atom. The highest BCUT2D eigenvalue weighted by molar-refractivity contribution is 6.32. The lowest BCUT2D eigenvalue weighted by atomic mass is 10.1. The van der Waals surface area contributed by atoms with E-state index in [1.54, 1.807) is 6.07 Å². The fourth-order valence-electron chi connectivity index (χ4n) is 3.30. The largest absolute Gasteiger partial charge is 0.481 e. The van der Waals surface area contributed by atoms with Gasteiger partial charge in [-0.05, 0) is 35.2 Å². The average molecular weight is 438 g/mol. The fourth-order valence-corrected chi connectivity index (χ4v) is 3.51. The summed E-state index contributed by atoms with van der Waals surface area (Å²) in [5, 5.41) is 9.49. The van der Waals surface area contributed by atoms with E-state index in [-0.39, 0.29) is 18.8 Å². The first-order valence-electron chi connectivity index (χ1n) is 10.1. The molecule has 0 aliphatic carbocycles. The molecule has 160 valence electrons. The zero-order chi connectivity index (χ0) is 22.2. The predicted octanol–water partition coefficient (Wildman–Crippen LogP) is 6.43. The van der Waals surface area contributed by atoms with E-state index in [4.69, 9.17) is 16.7 Å². The van der Waals surface area contributed by atoms with Gasteiger partial charge in [0.2, 0.25) is 0 Å². The molecule has 3 aromatic rings. The summed E-state index contributed by atoms with van der Waals surface area (Å²) in [5.74, 6) is -1.26. The number of aliphatic carboxylic acids is 1. The minimum atomic E-state index is -0.887. The van der Waals surface area contributed by atoms with E-state index in [0.717, 1.165) is 22.3 Å². The minimum Gasteiger partial charge on any atom is -0.481 e. The molecule has 0 atom stereocenters. The van der Waals surface area contributed by atoms with Crippen LogP contribution in [0.2, 0.25) is 5.02 Å². The van der Waals surface area contributed by atoms with E-state index >= 15 is 0 Å². The average Bonchev–Trinajstić information content (AvgIpc) is 2.77. The molecule has 0 fully saturated rings. The molecule has 0 bridgehead atoms. The van der Waals surface area contributed by atoms with Gasteiger partial charge in [-0.3, -0.25) is 9.69 Å². The topological polar surface area (TPSA) is 40.5 Å². The number of halogens is 2. The van der Waals surface area contributed by atoms with Gasteiger partial charge in [-0.25, -0.2) is 4.39 Å². The third-order valence-electron chi connectivity index (χ3n) is 5.06. The van der Waals surface area contributed by atoms with Crippen molar-refractivity contribution in [2.45, 2.75) is 26.4 Å². The maximum atomic E-state index is 14.4. The molecule has 0 spiro atoms. The highest BCUT2D eigenvalue weighted by atomic mass is 35.5. The number of hydrogen-bond donors (Lipinski definition) is 1. The maximum absolute atomic E-state index is 14.4. The molecule has 1 N–H and O–H groups in total. The molecule has 31 heavy (non-hydrogen) atoms. The fraction of sp³-hybridized carbons (Fsp3) is 0.192. The van der Waals surface area contributed by atoms with Crippen molar-refractivity contribution >= 4 is 29.7 Å². The normalized spacial score (nSPS) is 11.4. The first-order chi connectivity index (χ1) is 14.9. The van der Waals surface area contributed by atoms with Crippen LogP contribution in [-0.4, -0.2) is 22.5 Å². The van der Waals surface area contributed by atoms with Crippen molar-refractivity contribution in [2.24, 2.45) is 0 Å². The zero-order valence-electron chi connectivity index (χ0n) is 17.4. The Bertz CT molecular complexity index is 1050. The van der Waals surface area contributed by atoms with Gasteiger partial charge in [0.25, 0.3) is 0 Å². The summed E-state index contributed by atoms with van der Waals surface area (Å²) < 4.78 is 14.4. The van der Waals surface area contributed by atoms with Crippen LogP contribution in [-0.2, 0) is 17.9 Å². The molecular weight excluding hydrogens is 413 g/mol. The minimum absolute atomic E-state index is 0.0249. The van der Waals surface area contributed by atoms with Gasteiger partial charge in [-0.1, -0.05) is 84.4 Å². The molecule has 0 aromatic heterocycles. The Morgan fingerprint density at radius 1 is 0.968 bits per heavy atom. The van der Waals surface area contributed by atoms with E-state index in [1.165, 1.54) is 6.07 Å². The summed E-state index contributed by atoms with van der Waals surface area (Å²) in [6.07, 6.45) is 4.07. The summed E-state index contributed by atoms with van der Waals surface area (Å²) in [5.41, 5.74) is 4.41. The number of hydrogen-bond acceptors (Lipinski definition) is 2. The van der Waals surface area contributed by atoms with E-state index in [2.05, 4.69) is 6.08 Å². The van der Waals surface area contributed by atoms with Crippen LogP contribution < -0.4 is 0 Å². The van der Waals surface area contributed by atoms with Crippen molar-refractivity contribution < 1.29 is 14.3 Å². The molecule has 3 aromatic carbocycles. The Labute approximate surface area is 187 Å². The summed E-state index contributed by atoms with van der Waals surface area (Å²) in [6, 6.07) is 21.2. The lowest BCUT2D eigenvalue weighted by Crippen LogP contribution is -2.26. The van der Waals surface area contributed by atoms with Crippen LogP contribution in [0, 0.1) is 12.7 Å². The molecule has 0 amide bonds. The Morgan fingerprint density at radius 3 is 2.26 bits per heavy atom. The first-order valence-corrected chi connectivity index (χ1v) is 10.5. The van der Waals surface area contributed by atoms with Gasteiger partial charge in [-0.2, -0.15) is 0 Å². The van der Waals surface area contributed by atoms with Crippen molar-refractivity contribution in [1.29, 1.82) is 0 Å². The number of rotatable bonds is 9. The second-order valence-electron chi connectivity index (χ2n) is 7.50. The lowest BCUT2D eigenvalue weighted by Gasteiger charge is -2.23. The van der Waals surface area contributed by atoms with Crippen LogP contribution in [0.25, 0.3) is 12.2 Å². The SMILES string of the molecule is Cc1ccc(F)c(CN(CCC(=O)O)Cc2ccc(C=Cc3ccccc3)cc2)c1Cl. The molecule has 3 rings (SSSR count). The van der Waals surface area contributed by atoms with Crippen LogP contribution in [0.15, 0.2) is 66.7 Å². The van der Waals surface area contributed by atoms with Gasteiger partial charge in [-0.15, -0.1) is 0 Å². The molecule has 0 saturated carbocycles. The summed E-state index contributed by atoms with van der Waals surface area (Å²) in [4.78, 5) is 13.0. The van der Waals surface area contributed by atoms with Gasteiger partial charge < -0.3 is 5.11 Å². The van der Waals surface area contributed by atoms with E-state index in [9.17, 15) is 9.18 Å². The number of carboxylic acid groups (broad SMARTS) is 1. The van der Waals surface area contributed by atoms with Crippen LogP contribution >= 0.6 is 11.6 Å². The van der Waals surface area contributed by atoms with Gasteiger partial charge >= 0.3 is 5.97 Å². The second kappa shape index (κ2) is 10.9. The monoisotopic (exact) mass is 437 g/mol. The summed E-state index contributed by atoms with van der Waals surface area (Å²) >= 11 is 6.32. The number of benzene rings is 3. The molecule has 0 aliphatic rings. The molecular formula is C26H25ClFNO2. The van der Waals surface area contributed by atoms with E-state index in [0.29, 0.717) is 23.7 Å². The first kappa shape index (κ1) is 22.7. The van der Waals surface area contributed by atoms with Crippen molar-refractivity contribution in [3.8, 4) is 0 Å². The number of aryl methyl sites for hydroxylation is 1. The van der Waals surface area contributed by atoms with Gasteiger partial charge in [0, 0.05) is 25.2 Å². The highest BCUT2D eigenvalue weighted by Crippen LogP contribution is 2.25. The molecule has 3 nitrogen and oxygen atoms in total. The Hall–Kier alpha value is -2.95. The van der Waals surface area contributed by atoms with Crippen LogP contribution in [0.5, 0.6) is 0 Å². The second-order valence-corrected chi connectivity index (χ2v) is 7.87. The Kier molecular flexibility index (Phi) is 7.99. The van der Waals surface area contributed by atoms with Crippen LogP contribution in [0.3, 0.4) is 0 Å². The quantitative estimate of drug-likeness (QED) is 0.392. The van der Waals surface area contributed by atoms with E-state index < -0.39 is 5.97 Å². The van der Waals surface area contributed by atoms with Crippen molar-refractivity contribution in [1.82, 2.24) is 4.90 Å². The standard InChI is InChI=1S/C26H25ClFNO2/c1-19-7-14-24(28)23(26(19)27)18-29(16-15-25(30)31)17-22-12-10-21(11-13-22)9-8-20-5-3-2-4-6-20/h2-14H,15-18H2,1H3,(H,30,31). The van der Waals surface area contributed by atoms with Crippen molar-refractivity contribution in [3.63, 3.8) is 0 Å². The number of nitrogens with zero attached hydrogens (tertiary/aromatic N) is 1. The van der Waals surface area contributed by atoms with Gasteiger partial charge in [0.1, 0.15) is 5.82 Å². The molecule has 0 aliphatic heterocycles. The van der Waals surface area contributed by atoms with Gasteiger partial charge in [0.15, 0.2) is 0 Å². The van der Waals surface area contributed by atoms with Crippen molar-refractivity contribution in [3.05, 3.63) is 105 Å². The molecule has 0 unspecified atom stereocenters. The molecule has 0 saturated heterocycles. The summed E-state index contributed by atoms with van der Waals surface area (Å²) in [7, 11) is 0. The molecule has 0 radical (unpaired) electrons. The lowest BCUT2D eigenvalue weighted by molar-refractivity contribution is -0.137. The maximum Gasteiger partial charge on any atom is 0.304 e. The zero-order valence-corrected chi connectivity index (χ0v) is 18.1. The summed E-state index contributed by atoms with van der Waals surface area (Å²) in [6.45, 7) is 2.87. The Balaban J connectivity index is 1.73. The highest BCUT2D eigenvalue weighted by Gasteiger charge is 2.16. The van der Waals surface area contributed by atoms with Crippen molar-refractivity contribution in [2.75, 3.05) is 6.54 Å². The smallest absolute Gasteiger partial charge is 0.304 e. The van der Waals surface area contributed by atoms with E-state index in [1.807, 2.05) is 72.5 Å².